The molecule has 2 aromatic carbocycles. The van der Waals surface area contributed by atoms with Crippen LogP contribution in [0.25, 0.3) is 0 Å². The predicted octanol–water partition coefficient (Wildman–Crippen LogP) is 4.78. The van der Waals surface area contributed by atoms with Gasteiger partial charge in [-0.15, -0.1) is 0 Å². The number of ether oxygens (including phenoxy) is 2. The van der Waals surface area contributed by atoms with Gasteiger partial charge < -0.3 is 20.1 Å². The van der Waals surface area contributed by atoms with E-state index in [-0.39, 0.29) is 5.91 Å². The van der Waals surface area contributed by atoms with Gasteiger partial charge in [0.25, 0.3) is 5.91 Å². The minimum atomic E-state index is -0.580. The first kappa shape index (κ1) is 23.7. The average molecular weight is 527 g/mol. The zero-order chi connectivity index (χ0) is 24.4. The SMILES string of the molecule is CCOc1cc(C2C(C(=O)Nc3ccc(C)cc3C)=C(C)Nc3nnnn32)cc(Br)c1OCC. The number of benzene rings is 2. The Kier molecular flexibility index (Phi) is 6.87. The van der Waals surface area contributed by atoms with Gasteiger partial charge in [0, 0.05) is 11.4 Å². The van der Waals surface area contributed by atoms with Crippen molar-refractivity contribution < 1.29 is 14.3 Å². The molecule has 1 aromatic heterocycles. The van der Waals surface area contributed by atoms with Crippen LogP contribution in [-0.4, -0.2) is 39.3 Å². The maximum atomic E-state index is 13.6. The van der Waals surface area contributed by atoms with E-state index in [4.69, 9.17) is 9.47 Å². The molecule has 1 amide bonds. The number of nitrogens with zero attached hydrogens (tertiary/aromatic N) is 4. The maximum absolute atomic E-state index is 13.6. The molecule has 34 heavy (non-hydrogen) atoms. The molecule has 0 saturated heterocycles. The van der Waals surface area contributed by atoms with Gasteiger partial charge in [-0.25, -0.2) is 0 Å². The van der Waals surface area contributed by atoms with Crippen molar-refractivity contribution in [1.29, 1.82) is 0 Å². The number of hydrogen-bond acceptors (Lipinski definition) is 7. The molecule has 1 aliphatic heterocycles. The van der Waals surface area contributed by atoms with Gasteiger partial charge >= 0.3 is 0 Å². The second-order valence-corrected chi connectivity index (χ2v) is 8.84. The summed E-state index contributed by atoms with van der Waals surface area (Å²) in [6.07, 6.45) is 0. The van der Waals surface area contributed by atoms with Gasteiger partial charge in [0.15, 0.2) is 11.5 Å². The normalized spacial score (nSPS) is 14.9. The van der Waals surface area contributed by atoms with Gasteiger partial charge in [-0.1, -0.05) is 22.8 Å². The van der Waals surface area contributed by atoms with Crippen molar-refractivity contribution in [3.63, 3.8) is 0 Å². The molecule has 0 bridgehead atoms. The number of amides is 1. The average Bonchev–Trinajstić information content (AvgIpc) is 3.25. The molecular weight excluding hydrogens is 500 g/mol. The highest BCUT2D eigenvalue weighted by Gasteiger charge is 2.35. The molecule has 4 rings (SSSR count). The number of carbonyl (C=O) groups excluding carboxylic acids is 1. The van der Waals surface area contributed by atoms with Crippen molar-refractivity contribution in [3.05, 3.63) is 62.8 Å². The third kappa shape index (κ3) is 4.50. The Morgan fingerprint density at radius 3 is 2.62 bits per heavy atom. The fourth-order valence-electron chi connectivity index (χ4n) is 4.05. The second-order valence-electron chi connectivity index (χ2n) is 7.98. The Morgan fingerprint density at radius 2 is 1.91 bits per heavy atom. The first-order valence-corrected chi connectivity index (χ1v) is 11.9. The molecule has 0 aliphatic carbocycles. The molecule has 9 nitrogen and oxygen atoms in total. The number of fused-ring (bicyclic) bond motifs is 1. The molecule has 0 saturated carbocycles. The third-order valence-electron chi connectivity index (χ3n) is 5.52. The molecule has 10 heteroatoms. The summed E-state index contributed by atoms with van der Waals surface area (Å²) in [6.45, 7) is 10.6. The Labute approximate surface area is 206 Å². The van der Waals surface area contributed by atoms with Crippen LogP contribution < -0.4 is 20.1 Å². The number of anilines is 2. The van der Waals surface area contributed by atoms with Crippen LogP contribution in [0, 0.1) is 13.8 Å². The topological polar surface area (TPSA) is 103 Å². The minimum Gasteiger partial charge on any atom is -0.490 e. The summed E-state index contributed by atoms with van der Waals surface area (Å²) in [4.78, 5) is 13.6. The Bertz CT molecular complexity index is 1270. The Balaban J connectivity index is 1.81. The quantitative estimate of drug-likeness (QED) is 0.456. The number of aromatic nitrogens is 4. The van der Waals surface area contributed by atoms with Crippen molar-refractivity contribution >= 4 is 33.5 Å². The van der Waals surface area contributed by atoms with E-state index < -0.39 is 6.04 Å². The van der Waals surface area contributed by atoms with Crippen LogP contribution in [0.15, 0.2) is 46.1 Å². The van der Waals surface area contributed by atoms with Gasteiger partial charge in [0.05, 0.1) is 23.3 Å². The second kappa shape index (κ2) is 9.84. The first-order valence-electron chi connectivity index (χ1n) is 11.1. The Hall–Kier alpha value is -3.40. The highest BCUT2D eigenvalue weighted by molar-refractivity contribution is 9.10. The monoisotopic (exact) mass is 526 g/mol. The predicted molar refractivity (Wildman–Crippen MR) is 133 cm³/mol. The van der Waals surface area contributed by atoms with Gasteiger partial charge in [0.2, 0.25) is 5.95 Å². The number of aryl methyl sites for hydroxylation is 2. The lowest BCUT2D eigenvalue weighted by Crippen LogP contribution is -2.31. The van der Waals surface area contributed by atoms with E-state index in [1.54, 1.807) is 4.68 Å². The van der Waals surface area contributed by atoms with Crippen molar-refractivity contribution in [2.75, 3.05) is 23.8 Å². The lowest BCUT2D eigenvalue weighted by molar-refractivity contribution is -0.113. The highest BCUT2D eigenvalue weighted by atomic mass is 79.9. The van der Waals surface area contributed by atoms with Crippen molar-refractivity contribution in [2.24, 2.45) is 0 Å². The van der Waals surface area contributed by atoms with Crippen molar-refractivity contribution in [2.45, 2.75) is 40.7 Å². The van der Waals surface area contributed by atoms with Gasteiger partial charge in [0.1, 0.15) is 6.04 Å². The van der Waals surface area contributed by atoms with E-state index in [1.165, 1.54) is 0 Å². The van der Waals surface area contributed by atoms with E-state index in [0.717, 1.165) is 26.9 Å². The lowest BCUT2D eigenvalue weighted by Gasteiger charge is -2.29. The number of allylic oxidation sites excluding steroid dienone is 1. The van der Waals surface area contributed by atoms with Gasteiger partial charge in [-0.2, -0.15) is 4.68 Å². The number of carbonyl (C=O) groups is 1. The van der Waals surface area contributed by atoms with Crippen LogP contribution >= 0.6 is 15.9 Å². The summed E-state index contributed by atoms with van der Waals surface area (Å²) in [7, 11) is 0. The minimum absolute atomic E-state index is 0.244. The van der Waals surface area contributed by atoms with Gasteiger partial charge in [-0.3, -0.25) is 4.79 Å². The fourth-order valence-corrected chi connectivity index (χ4v) is 4.63. The smallest absolute Gasteiger partial charge is 0.255 e. The van der Waals surface area contributed by atoms with Crippen molar-refractivity contribution in [3.8, 4) is 11.5 Å². The molecule has 1 atom stereocenters. The number of rotatable bonds is 7. The number of tetrazole rings is 1. The first-order chi connectivity index (χ1) is 16.3. The van der Waals surface area contributed by atoms with Crippen LogP contribution in [0.2, 0.25) is 0 Å². The maximum Gasteiger partial charge on any atom is 0.255 e. The zero-order valence-corrected chi connectivity index (χ0v) is 21.4. The molecule has 0 radical (unpaired) electrons. The number of hydrogen-bond donors (Lipinski definition) is 2. The molecule has 0 spiro atoms. The summed E-state index contributed by atoms with van der Waals surface area (Å²) in [5.74, 6) is 1.40. The summed E-state index contributed by atoms with van der Waals surface area (Å²) in [5.41, 5.74) is 4.80. The highest BCUT2D eigenvalue weighted by Crippen LogP contribution is 2.42. The largest absolute Gasteiger partial charge is 0.490 e. The molecular formula is C24H27BrN6O3. The summed E-state index contributed by atoms with van der Waals surface area (Å²) in [6, 6.07) is 9.11. The molecule has 1 aliphatic rings. The summed E-state index contributed by atoms with van der Waals surface area (Å²) >= 11 is 3.61. The van der Waals surface area contributed by atoms with Crippen LogP contribution in [0.1, 0.15) is 43.5 Å². The summed E-state index contributed by atoms with van der Waals surface area (Å²) in [5, 5.41) is 18.3. The van der Waals surface area contributed by atoms with Crippen LogP contribution in [0.5, 0.6) is 11.5 Å². The molecule has 2 N–H and O–H groups in total. The molecule has 2 heterocycles. The third-order valence-corrected chi connectivity index (χ3v) is 6.11. The van der Waals surface area contributed by atoms with E-state index in [9.17, 15) is 4.79 Å². The number of halogens is 1. The van der Waals surface area contributed by atoms with Crippen LogP contribution in [0.3, 0.4) is 0 Å². The molecule has 0 fully saturated rings. The Morgan fingerprint density at radius 1 is 1.15 bits per heavy atom. The molecule has 3 aromatic rings. The lowest BCUT2D eigenvalue weighted by atomic mass is 9.94. The van der Waals surface area contributed by atoms with Crippen molar-refractivity contribution in [1.82, 2.24) is 20.2 Å². The zero-order valence-electron chi connectivity index (χ0n) is 19.8. The molecule has 178 valence electrons. The van der Waals surface area contributed by atoms with Gasteiger partial charge in [-0.05, 0) is 90.3 Å². The molecule has 1 unspecified atom stereocenters. The van der Waals surface area contributed by atoms with Crippen LogP contribution in [-0.2, 0) is 4.79 Å². The van der Waals surface area contributed by atoms with Crippen LogP contribution in [0.4, 0.5) is 11.6 Å². The van der Waals surface area contributed by atoms with E-state index >= 15 is 0 Å². The number of nitrogens with one attached hydrogen (secondary N) is 2. The summed E-state index contributed by atoms with van der Waals surface area (Å²) < 4.78 is 14.0. The van der Waals surface area contributed by atoms with E-state index in [1.807, 2.05) is 65.0 Å². The van der Waals surface area contributed by atoms with E-state index in [2.05, 4.69) is 42.1 Å². The van der Waals surface area contributed by atoms with E-state index in [0.29, 0.717) is 41.9 Å². The standard InChI is InChI=1S/C24H27BrN6O3/c1-6-33-19-12-16(11-17(25)22(19)34-7-2)21-20(15(5)26-24-28-29-30-31(21)24)23(32)27-18-9-8-13(3)10-14(18)4/h8-12,21H,6-7H2,1-5H3,(H,27,32)(H,26,28,30). The fraction of sp³-hybridized carbons (Fsp3) is 0.333.